The fourth-order valence-corrected chi connectivity index (χ4v) is 4.08. The molecule has 154 valence electrons. The topological polar surface area (TPSA) is 42.9 Å². The van der Waals surface area contributed by atoms with Crippen LogP contribution in [0.1, 0.15) is 53.4 Å². The van der Waals surface area contributed by atoms with Crippen LogP contribution in [0.2, 0.25) is 0 Å². The quantitative estimate of drug-likeness (QED) is 0.335. The first kappa shape index (κ1) is 24.0. The summed E-state index contributed by atoms with van der Waals surface area (Å²) in [6.45, 7) is 18.0. The van der Waals surface area contributed by atoms with Gasteiger partial charge >= 0.3 is 0 Å². The van der Waals surface area contributed by atoms with E-state index in [2.05, 4.69) is 48.1 Å². The van der Waals surface area contributed by atoms with Gasteiger partial charge in [-0.1, -0.05) is 20.8 Å². The van der Waals surface area contributed by atoms with Crippen molar-refractivity contribution in [1.29, 1.82) is 0 Å². The molecule has 0 radical (unpaired) electrons. The minimum absolute atomic E-state index is 0. The highest BCUT2D eigenvalue weighted by Crippen LogP contribution is 2.29. The molecule has 0 atom stereocenters. The van der Waals surface area contributed by atoms with E-state index >= 15 is 0 Å². The summed E-state index contributed by atoms with van der Waals surface area (Å²) in [7, 11) is 0. The zero-order valence-electron chi connectivity index (χ0n) is 17.5. The van der Waals surface area contributed by atoms with Crippen LogP contribution in [0.4, 0.5) is 0 Å². The molecule has 0 amide bonds. The Labute approximate surface area is 178 Å². The molecule has 1 aliphatic heterocycles. The van der Waals surface area contributed by atoms with Crippen LogP contribution in [0.3, 0.4) is 0 Å². The van der Waals surface area contributed by atoms with Crippen molar-refractivity contribution in [3.8, 4) is 0 Å². The van der Waals surface area contributed by atoms with Crippen molar-refractivity contribution in [3.05, 3.63) is 0 Å². The summed E-state index contributed by atoms with van der Waals surface area (Å²) in [5.41, 5.74) is 0. The van der Waals surface area contributed by atoms with Crippen LogP contribution in [-0.4, -0.2) is 74.2 Å². The smallest absolute Gasteiger partial charge is 0.191 e. The van der Waals surface area contributed by atoms with E-state index < -0.39 is 0 Å². The van der Waals surface area contributed by atoms with Crippen molar-refractivity contribution in [2.75, 3.05) is 52.4 Å². The molecule has 0 aromatic rings. The molecule has 2 rings (SSSR count). The second-order valence-electron chi connectivity index (χ2n) is 8.04. The van der Waals surface area contributed by atoms with Gasteiger partial charge in [-0.25, -0.2) is 0 Å². The van der Waals surface area contributed by atoms with Crippen molar-refractivity contribution < 1.29 is 0 Å². The molecule has 26 heavy (non-hydrogen) atoms. The Morgan fingerprint density at radius 3 is 2.15 bits per heavy atom. The monoisotopic (exact) mass is 479 g/mol. The highest BCUT2D eigenvalue weighted by molar-refractivity contribution is 14.0. The summed E-state index contributed by atoms with van der Waals surface area (Å²) in [5.74, 6) is 2.76. The molecular weight excluding hydrogens is 437 g/mol. The van der Waals surface area contributed by atoms with Gasteiger partial charge in [0.2, 0.25) is 0 Å². The first-order chi connectivity index (χ1) is 12.1. The lowest BCUT2D eigenvalue weighted by atomic mass is 9.80. The predicted octanol–water partition coefficient (Wildman–Crippen LogP) is 3.01. The normalized spacial score (nSPS) is 25.8. The second kappa shape index (κ2) is 13.2. The Kier molecular flexibility index (Phi) is 12.1. The Hall–Kier alpha value is -0.0800. The van der Waals surface area contributed by atoms with Crippen LogP contribution >= 0.6 is 24.0 Å². The minimum Gasteiger partial charge on any atom is -0.357 e. The van der Waals surface area contributed by atoms with Gasteiger partial charge in [-0.15, -0.1) is 24.0 Å². The number of likely N-dealkylation sites (N-methyl/N-ethyl adjacent to an activating group) is 1. The van der Waals surface area contributed by atoms with E-state index in [9.17, 15) is 0 Å². The third-order valence-electron chi connectivity index (χ3n) is 6.00. The standard InChI is InChI=1S/C20H41N5.HI/c1-5-21-20(23-19-9-7-18(8-10-19)17(3)4)22-11-12-25-15-13-24(6-2)14-16-25;/h17-19H,5-16H2,1-4H3,(H2,21,22,23);1H. The van der Waals surface area contributed by atoms with Gasteiger partial charge < -0.3 is 15.5 Å². The second-order valence-corrected chi connectivity index (χ2v) is 8.04. The zero-order chi connectivity index (χ0) is 18.1. The van der Waals surface area contributed by atoms with Crippen molar-refractivity contribution in [2.45, 2.75) is 59.4 Å². The van der Waals surface area contributed by atoms with Gasteiger partial charge in [0.1, 0.15) is 0 Å². The summed E-state index contributed by atoms with van der Waals surface area (Å²) >= 11 is 0. The average molecular weight is 479 g/mol. The van der Waals surface area contributed by atoms with Gasteiger partial charge in [-0.2, -0.15) is 0 Å². The number of hydrogen-bond acceptors (Lipinski definition) is 3. The summed E-state index contributed by atoms with van der Waals surface area (Å²) in [6, 6.07) is 0.598. The number of hydrogen-bond donors (Lipinski definition) is 2. The molecule has 1 aliphatic carbocycles. The van der Waals surface area contributed by atoms with Gasteiger partial charge in [-0.3, -0.25) is 9.89 Å². The molecule has 6 heteroatoms. The molecular formula is C20H42IN5. The van der Waals surface area contributed by atoms with Crippen LogP contribution in [0, 0.1) is 11.8 Å². The van der Waals surface area contributed by atoms with Crippen molar-refractivity contribution in [2.24, 2.45) is 16.8 Å². The fourth-order valence-electron chi connectivity index (χ4n) is 4.08. The molecule has 5 nitrogen and oxygen atoms in total. The molecule has 0 unspecified atom stereocenters. The molecule has 0 aromatic carbocycles. The maximum Gasteiger partial charge on any atom is 0.191 e. The number of aliphatic imine (C=N–C) groups is 1. The van der Waals surface area contributed by atoms with E-state index in [0.717, 1.165) is 37.4 Å². The lowest BCUT2D eigenvalue weighted by Crippen LogP contribution is -2.47. The van der Waals surface area contributed by atoms with E-state index in [4.69, 9.17) is 4.99 Å². The van der Waals surface area contributed by atoms with Crippen LogP contribution in [0.5, 0.6) is 0 Å². The maximum absolute atomic E-state index is 4.83. The lowest BCUT2D eigenvalue weighted by Gasteiger charge is -2.34. The summed E-state index contributed by atoms with van der Waals surface area (Å²) in [4.78, 5) is 9.91. The fraction of sp³-hybridized carbons (Fsp3) is 0.950. The minimum atomic E-state index is 0. The van der Waals surface area contributed by atoms with Crippen LogP contribution in [-0.2, 0) is 0 Å². The summed E-state index contributed by atoms with van der Waals surface area (Å²) in [5, 5.41) is 7.11. The first-order valence-electron chi connectivity index (χ1n) is 10.6. The maximum atomic E-state index is 4.83. The van der Waals surface area contributed by atoms with E-state index in [1.807, 2.05) is 0 Å². The molecule has 2 fully saturated rings. The van der Waals surface area contributed by atoms with Crippen LogP contribution in [0.15, 0.2) is 4.99 Å². The molecule has 0 spiro atoms. The van der Waals surface area contributed by atoms with Gasteiger partial charge in [0.05, 0.1) is 6.54 Å². The SMILES string of the molecule is CCNC(=NCCN1CCN(CC)CC1)NC1CCC(C(C)C)CC1.I. The number of nitrogens with one attached hydrogen (secondary N) is 2. The number of guanidine groups is 1. The molecule has 2 aliphatic rings. The number of rotatable bonds is 7. The van der Waals surface area contributed by atoms with E-state index in [-0.39, 0.29) is 24.0 Å². The van der Waals surface area contributed by atoms with Gasteiger partial charge in [0, 0.05) is 45.3 Å². The molecule has 0 aromatic heterocycles. The van der Waals surface area contributed by atoms with E-state index in [1.54, 1.807) is 0 Å². The molecule has 1 heterocycles. The third-order valence-corrected chi connectivity index (χ3v) is 6.00. The molecule has 0 bridgehead atoms. The third kappa shape index (κ3) is 8.30. The number of nitrogens with zero attached hydrogens (tertiary/aromatic N) is 3. The summed E-state index contributed by atoms with van der Waals surface area (Å²) in [6.07, 6.45) is 5.28. The van der Waals surface area contributed by atoms with Crippen molar-refractivity contribution >= 4 is 29.9 Å². The van der Waals surface area contributed by atoms with Crippen molar-refractivity contribution in [1.82, 2.24) is 20.4 Å². The van der Waals surface area contributed by atoms with Crippen LogP contribution < -0.4 is 10.6 Å². The molecule has 2 N–H and O–H groups in total. The van der Waals surface area contributed by atoms with E-state index in [1.165, 1.54) is 58.4 Å². The van der Waals surface area contributed by atoms with E-state index in [0.29, 0.717) is 6.04 Å². The zero-order valence-corrected chi connectivity index (χ0v) is 19.8. The highest BCUT2D eigenvalue weighted by Gasteiger charge is 2.23. The van der Waals surface area contributed by atoms with Crippen LogP contribution in [0.25, 0.3) is 0 Å². The first-order valence-corrected chi connectivity index (χ1v) is 10.6. The Bertz CT molecular complexity index is 386. The predicted molar refractivity (Wildman–Crippen MR) is 124 cm³/mol. The van der Waals surface area contributed by atoms with Crippen molar-refractivity contribution in [3.63, 3.8) is 0 Å². The Morgan fingerprint density at radius 1 is 1.00 bits per heavy atom. The Morgan fingerprint density at radius 2 is 1.62 bits per heavy atom. The molecule has 1 saturated heterocycles. The Balaban J connectivity index is 0.00000338. The average Bonchev–Trinajstić information content (AvgIpc) is 2.63. The van der Waals surface area contributed by atoms with Gasteiger partial charge in [-0.05, 0) is 51.0 Å². The highest BCUT2D eigenvalue weighted by atomic mass is 127. The lowest BCUT2D eigenvalue weighted by molar-refractivity contribution is 0.140. The number of halogens is 1. The van der Waals surface area contributed by atoms with Gasteiger partial charge in [0.15, 0.2) is 5.96 Å². The molecule has 1 saturated carbocycles. The largest absolute Gasteiger partial charge is 0.357 e. The number of piperazine rings is 1. The summed E-state index contributed by atoms with van der Waals surface area (Å²) < 4.78 is 0. The van der Waals surface area contributed by atoms with Gasteiger partial charge in [0.25, 0.3) is 0 Å².